The lowest BCUT2D eigenvalue weighted by atomic mass is 10.0. The number of ether oxygens (including phenoxy) is 1. The predicted molar refractivity (Wildman–Crippen MR) is 93.9 cm³/mol. The number of thioether (sulfide) groups is 1. The van der Waals surface area contributed by atoms with Crippen molar-refractivity contribution in [3.05, 3.63) is 35.7 Å². The second-order valence-corrected chi connectivity index (χ2v) is 6.86. The van der Waals surface area contributed by atoms with Crippen LogP contribution in [0.5, 0.6) is 0 Å². The lowest BCUT2D eigenvalue weighted by Gasteiger charge is -2.32. The molecule has 1 aliphatic heterocycles. The fourth-order valence-electron chi connectivity index (χ4n) is 2.59. The Morgan fingerprint density at radius 2 is 2.04 bits per heavy atom. The van der Waals surface area contributed by atoms with E-state index in [0.717, 1.165) is 17.1 Å². The molecule has 0 unspecified atom stereocenters. The average molecular weight is 347 g/mol. The number of benzene rings is 1. The molecule has 8 heteroatoms. The predicted octanol–water partition coefficient (Wildman–Crippen LogP) is 1.97. The van der Waals surface area contributed by atoms with Crippen LogP contribution in [-0.2, 0) is 9.53 Å². The van der Waals surface area contributed by atoms with Crippen molar-refractivity contribution in [2.24, 2.45) is 0 Å². The van der Waals surface area contributed by atoms with Gasteiger partial charge in [-0.25, -0.2) is 4.68 Å². The second-order valence-electron chi connectivity index (χ2n) is 5.75. The van der Waals surface area contributed by atoms with Crippen molar-refractivity contribution in [1.82, 2.24) is 14.9 Å². The molecule has 2 aromatic rings. The first-order valence-electron chi connectivity index (χ1n) is 7.80. The number of esters is 1. The van der Waals surface area contributed by atoms with Crippen molar-refractivity contribution >= 4 is 23.4 Å². The minimum Gasteiger partial charge on any atom is -0.465 e. The van der Waals surface area contributed by atoms with E-state index in [4.69, 9.17) is 4.74 Å². The number of carbonyl (C=O) groups excluding carboxylic acids is 1. The van der Waals surface area contributed by atoms with Crippen LogP contribution in [0.15, 0.2) is 29.4 Å². The molecule has 0 saturated heterocycles. The summed E-state index contributed by atoms with van der Waals surface area (Å²) in [5, 5.41) is 8.45. The molecule has 7 nitrogen and oxygen atoms in total. The summed E-state index contributed by atoms with van der Waals surface area (Å²) in [6.45, 7) is 4.04. The Morgan fingerprint density at radius 1 is 1.33 bits per heavy atom. The van der Waals surface area contributed by atoms with E-state index >= 15 is 0 Å². The van der Waals surface area contributed by atoms with Crippen LogP contribution >= 0.6 is 11.8 Å². The summed E-state index contributed by atoms with van der Waals surface area (Å²) >= 11 is 1.38. The Balaban J connectivity index is 1.95. The van der Waals surface area contributed by atoms with Gasteiger partial charge in [0.1, 0.15) is 11.1 Å². The molecule has 2 heterocycles. The highest BCUT2D eigenvalue weighted by molar-refractivity contribution is 8.00. The van der Waals surface area contributed by atoms with Gasteiger partial charge in [-0.2, -0.15) is 0 Å². The molecule has 1 aliphatic rings. The number of carbonyl (C=O) groups is 1. The van der Waals surface area contributed by atoms with Gasteiger partial charge in [0.2, 0.25) is 5.16 Å². The number of hydrogen-bond acceptors (Lipinski definition) is 7. The molecule has 0 amide bonds. The summed E-state index contributed by atoms with van der Waals surface area (Å²) in [4.78, 5) is 14.5. The highest BCUT2D eigenvalue weighted by Gasteiger charge is 2.38. The SMILES string of the molecule is CCOC(=O)[C@@H]1Sc2nnc(C)n2N[C@H]1c1ccc(N(C)C)cc1. The zero-order valence-corrected chi connectivity index (χ0v) is 15.0. The van der Waals surface area contributed by atoms with Crippen LogP contribution in [0.1, 0.15) is 24.4 Å². The van der Waals surface area contributed by atoms with Crippen LogP contribution in [0.25, 0.3) is 0 Å². The molecule has 128 valence electrons. The average Bonchev–Trinajstić information content (AvgIpc) is 2.94. The first-order valence-corrected chi connectivity index (χ1v) is 8.68. The normalized spacial score (nSPS) is 19.3. The molecule has 2 atom stereocenters. The molecule has 0 aliphatic carbocycles. The van der Waals surface area contributed by atoms with Gasteiger partial charge in [-0.05, 0) is 31.5 Å². The van der Waals surface area contributed by atoms with Gasteiger partial charge in [0.15, 0.2) is 0 Å². The largest absolute Gasteiger partial charge is 0.465 e. The highest BCUT2D eigenvalue weighted by Crippen LogP contribution is 2.37. The fraction of sp³-hybridized carbons (Fsp3) is 0.438. The minimum absolute atomic E-state index is 0.215. The van der Waals surface area contributed by atoms with Crippen molar-refractivity contribution in [3.8, 4) is 0 Å². The van der Waals surface area contributed by atoms with Crippen molar-refractivity contribution in [3.63, 3.8) is 0 Å². The lowest BCUT2D eigenvalue weighted by Crippen LogP contribution is -2.39. The van der Waals surface area contributed by atoms with Gasteiger partial charge in [0.25, 0.3) is 0 Å². The van der Waals surface area contributed by atoms with E-state index in [2.05, 4.69) is 15.6 Å². The van der Waals surface area contributed by atoms with Crippen LogP contribution < -0.4 is 10.3 Å². The second kappa shape index (κ2) is 6.72. The maximum Gasteiger partial charge on any atom is 0.322 e. The third-order valence-electron chi connectivity index (χ3n) is 3.89. The standard InChI is InChI=1S/C16H21N5O2S/c1-5-23-15(22)14-13(11-6-8-12(9-7-11)20(3)4)19-21-10(2)17-18-16(21)24-14/h6-9,13-14,19H,5H2,1-4H3/t13-,14+/m0/s1. The molecule has 0 radical (unpaired) electrons. The van der Waals surface area contributed by atoms with E-state index < -0.39 is 5.25 Å². The minimum atomic E-state index is -0.411. The quantitative estimate of drug-likeness (QED) is 0.848. The third-order valence-corrected chi connectivity index (χ3v) is 5.08. The van der Waals surface area contributed by atoms with Gasteiger partial charge in [0.05, 0.1) is 12.6 Å². The fourth-order valence-corrected chi connectivity index (χ4v) is 3.72. The van der Waals surface area contributed by atoms with Crippen molar-refractivity contribution in [1.29, 1.82) is 0 Å². The molecule has 1 aromatic carbocycles. The molecular formula is C16H21N5O2S. The monoisotopic (exact) mass is 347 g/mol. The molecule has 1 N–H and O–H groups in total. The van der Waals surface area contributed by atoms with Gasteiger partial charge in [-0.1, -0.05) is 23.9 Å². The zero-order valence-electron chi connectivity index (χ0n) is 14.2. The van der Waals surface area contributed by atoms with E-state index in [1.54, 1.807) is 0 Å². The number of aryl methyl sites for hydroxylation is 1. The summed E-state index contributed by atoms with van der Waals surface area (Å²) < 4.78 is 7.08. The smallest absolute Gasteiger partial charge is 0.322 e. The summed E-state index contributed by atoms with van der Waals surface area (Å²) in [5.41, 5.74) is 5.48. The Labute approximate surface area is 145 Å². The lowest BCUT2D eigenvalue weighted by molar-refractivity contribution is -0.142. The molecule has 3 rings (SSSR count). The van der Waals surface area contributed by atoms with Crippen LogP contribution in [-0.4, -0.2) is 46.8 Å². The van der Waals surface area contributed by atoms with Crippen molar-refractivity contribution < 1.29 is 9.53 Å². The Kier molecular flexibility index (Phi) is 4.66. The van der Waals surface area contributed by atoms with E-state index in [1.807, 2.05) is 61.8 Å². The molecular weight excluding hydrogens is 326 g/mol. The molecule has 0 saturated carbocycles. The molecule has 0 fully saturated rings. The number of nitrogens with zero attached hydrogens (tertiary/aromatic N) is 4. The number of fused-ring (bicyclic) bond motifs is 1. The molecule has 0 spiro atoms. The number of anilines is 1. The number of hydrogen-bond donors (Lipinski definition) is 1. The van der Waals surface area contributed by atoms with Crippen LogP contribution in [0.4, 0.5) is 5.69 Å². The van der Waals surface area contributed by atoms with Gasteiger partial charge in [0, 0.05) is 19.8 Å². The third kappa shape index (κ3) is 3.06. The van der Waals surface area contributed by atoms with Gasteiger partial charge >= 0.3 is 5.97 Å². The zero-order chi connectivity index (χ0) is 17.3. The number of rotatable bonds is 4. The van der Waals surface area contributed by atoms with E-state index in [-0.39, 0.29) is 12.0 Å². The summed E-state index contributed by atoms with van der Waals surface area (Å²) in [6.07, 6.45) is 0. The first-order chi connectivity index (χ1) is 11.5. The van der Waals surface area contributed by atoms with Gasteiger partial charge in [-0.15, -0.1) is 10.2 Å². The van der Waals surface area contributed by atoms with Gasteiger partial charge in [-0.3, -0.25) is 4.79 Å². The van der Waals surface area contributed by atoms with Gasteiger partial charge < -0.3 is 15.1 Å². The maximum absolute atomic E-state index is 12.4. The van der Waals surface area contributed by atoms with Crippen molar-refractivity contribution in [2.45, 2.75) is 30.3 Å². The van der Waals surface area contributed by atoms with Crippen LogP contribution in [0.2, 0.25) is 0 Å². The highest BCUT2D eigenvalue weighted by atomic mass is 32.2. The molecule has 0 bridgehead atoms. The molecule has 24 heavy (non-hydrogen) atoms. The topological polar surface area (TPSA) is 72.3 Å². The number of nitrogens with one attached hydrogen (secondary N) is 1. The van der Waals surface area contributed by atoms with Crippen molar-refractivity contribution in [2.75, 3.05) is 31.0 Å². The van der Waals surface area contributed by atoms with E-state index in [1.165, 1.54) is 11.8 Å². The Bertz CT molecular complexity index is 729. The Morgan fingerprint density at radius 3 is 2.67 bits per heavy atom. The maximum atomic E-state index is 12.4. The summed E-state index contributed by atoms with van der Waals surface area (Å²) in [7, 11) is 4.00. The van der Waals surface area contributed by atoms with E-state index in [9.17, 15) is 4.79 Å². The Hall–Kier alpha value is -2.22. The first kappa shape index (κ1) is 16.6. The number of aromatic nitrogens is 3. The van der Waals surface area contributed by atoms with Crippen LogP contribution in [0, 0.1) is 6.92 Å². The van der Waals surface area contributed by atoms with Crippen LogP contribution in [0.3, 0.4) is 0 Å². The summed E-state index contributed by atoms with van der Waals surface area (Å²) in [5.74, 6) is 0.512. The molecule has 1 aromatic heterocycles. The summed E-state index contributed by atoms with van der Waals surface area (Å²) in [6, 6.07) is 7.93. The van der Waals surface area contributed by atoms with E-state index in [0.29, 0.717) is 11.8 Å².